The van der Waals surface area contributed by atoms with Gasteiger partial charge in [-0.15, -0.1) is 0 Å². The zero-order valence-corrected chi connectivity index (χ0v) is 15.2. The van der Waals surface area contributed by atoms with Gasteiger partial charge in [-0.25, -0.2) is 14.1 Å². The third-order valence-electron chi connectivity index (χ3n) is 4.85. The predicted molar refractivity (Wildman–Crippen MR) is 94.4 cm³/mol. The van der Waals surface area contributed by atoms with Gasteiger partial charge in [0.2, 0.25) is 0 Å². The van der Waals surface area contributed by atoms with Gasteiger partial charge in [-0.05, 0) is 64.3 Å². The number of rotatable bonds is 5. The molecule has 0 amide bonds. The van der Waals surface area contributed by atoms with Crippen LogP contribution in [0.15, 0.2) is 30.6 Å². The van der Waals surface area contributed by atoms with Crippen LogP contribution in [0, 0.1) is 5.82 Å². The molecule has 136 valence electrons. The highest BCUT2D eigenvalue weighted by Crippen LogP contribution is 2.29. The molecular formula is C19H27FN4O. The molecular weight excluding hydrogens is 319 g/mol. The van der Waals surface area contributed by atoms with E-state index in [4.69, 9.17) is 0 Å². The second kappa shape index (κ2) is 7.22. The average molecular weight is 346 g/mol. The molecule has 2 aromatic rings. The van der Waals surface area contributed by atoms with E-state index in [1.54, 1.807) is 18.5 Å². The van der Waals surface area contributed by atoms with Gasteiger partial charge < -0.3 is 5.11 Å². The Morgan fingerprint density at radius 2 is 2.00 bits per heavy atom. The van der Waals surface area contributed by atoms with Crippen molar-refractivity contribution in [1.82, 2.24) is 19.7 Å². The van der Waals surface area contributed by atoms with Crippen LogP contribution in [-0.2, 0) is 12.1 Å². The number of halogens is 1. The number of hydrogen-bond acceptors (Lipinski definition) is 4. The minimum atomic E-state index is -0.577. The minimum absolute atomic E-state index is 0.103. The Balaban J connectivity index is 1.67. The van der Waals surface area contributed by atoms with Crippen LogP contribution < -0.4 is 0 Å². The summed E-state index contributed by atoms with van der Waals surface area (Å²) in [5.41, 5.74) is 0.667. The van der Waals surface area contributed by atoms with Crippen molar-refractivity contribution in [2.24, 2.45) is 0 Å². The lowest BCUT2D eigenvalue weighted by atomic mass is 10.0. The van der Waals surface area contributed by atoms with Crippen molar-refractivity contribution in [2.45, 2.75) is 64.3 Å². The molecule has 0 bridgehead atoms. The maximum absolute atomic E-state index is 13.1. The van der Waals surface area contributed by atoms with Crippen LogP contribution in [0.25, 0.3) is 0 Å². The van der Waals surface area contributed by atoms with Crippen LogP contribution in [0.2, 0.25) is 0 Å². The monoisotopic (exact) mass is 346 g/mol. The number of aliphatic hydroxyl groups excluding tert-OH is 1. The van der Waals surface area contributed by atoms with Gasteiger partial charge in [0.05, 0.1) is 18.2 Å². The molecule has 0 radical (unpaired) electrons. The number of hydrogen-bond donors (Lipinski definition) is 1. The maximum Gasteiger partial charge on any atom is 0.141 e. The van der Waals surface area contributed by atoms with Gasteiger partial charge in [-0.1, -0.05) is 12.1 Å². The Hall–Kier alpha value is -1.79. The van der Waals surface area contributed by atoms with Gasteiger partial charge in [0.15, 0.2) is 0 Å². The van der Waals surface area contributed by atoms with Crippen LogP contribution >= 0.6 is 0 Å². The molecule has 0 spiro atoms. The zero-order valence-electron chi connectivity index (χ0n) is 15.2. The first-order chi connectivity index (χ1) is 11.8. The van der Waals surface area contributed by atoms with Crippen LogP contribution in [-0.4, -0.2) is 37.4 Å². The highest BCUT2D eigenvalue weighted by atomic mass is 19.1. The molecule has 0 aliphatic carbocycles. The SMILES string of the molecule is CC(C)(C)n1ncnc1CN1CCC[C@@H]1C[C@H](O)c1ccc(F)cc1. The van der Waals surface area contributed by atoms with Crippen LogP contribution in [0.5, 0.6) is 0 Å². The molecule has 2 atom stereocenters. The van der Waals surface area contributed by atoms with Crippen molar-refractivity contribution in [2.75, 3.05) is 6.54 Å². The molecule has 1 aliphatic heterocycles. The van der Waals surface area contributed by atoms with Gasteiger partial charge in [-0.3, -0.25) is 4.90 Å². The van der Waals surface area contributed by atoms with E-state index in [2.05, 4.69) is 35.8 Å². The molecule has 2 heterocycles. The van der Waals surface area contributed by atoms with Gasteiger partial charge in [-0.2, -0.15) is 5.10 Å². The molecule has 1 aromatic heterocycles. The van der Waals surface area contributed by atoms with Crippen LogP contribution in [0.4, 0.5) is 4.39 Å². The third kappa shape index (κ3) is 4.25. The Kier molecular flexibility index (Phi) is 5.20. The second-order valence-electron chi connectivity index (χ2n) is 7.83. The van der Waals surface area contributed by atoms with Crippen LogP contribution in [0.3, 0.4) is 0 Å². The fourth-order valence-electron chi connectivity index (χ4n) is 3.56. The number of benzene rings is 1. The summed E-state index contributed by atoms with van der Waals surface area (Å²) >= 11 is 0. The van der Waals surface area contributed by atoms with E-state index in [-0.39, 0.29) is 11.4 Å². The van der Waals surface area contributed by atoms with E-state index in [1.807, 2.05) is 4.68 Å². The first-order valence-corrected chi connectivity index (χ1v) is 8.91. The number of nitrogens with zero attached hydrogens (tertiary/aromatic N) is 4. The van der Waals surface area contributed by atoms with Gasteiger partial charge in [0.25, 0.3) is 0 Å². The summed E-state index contributed by atoms with van der Waals surface area (Å²) in [7, 11) is 0. The van der Waals surface area contributed by atoms with E-state index in [0.717, 1.165) is 37.3 Å². The summed E-state index contributed by atoms with van der Waals surface area (Å²) in [5, 5.41) is 14.9. The molecule has 1 saturated heterocycles. The van der Waals surface area contributed by atoms with E-state index in [0.29, 0.717) is 12.5 Å². The topological polar surface area (TPSA) is 54.2 Å². The molecule has 3 rings (SSSR count). The summed E-state index contributed by atoms with van der Waals surface area (Å²) in [6.07, 6.45) is 3.85. The molecule has 1 aliphatic rings. The highest BCUT2D eigenvalue weighted by molar-refractivity contribution is 5.18. The summed E-state index contributed by atoms with van der Waals surface area (Å²) < 4.78 is 15.0. The fraction of sp³-hybridized carbons (Fsp3) is 0.579. The minimum Gasteiger partial charge on any atom is -0.388 e. The van der Waals surface area contributed by atoms with E-state index in [9.17, 15) is 9.50 Å². The van der Waals surface area contributed by atoms with Crippen molar-refractivity contribution in [1.29, 1.82) is 0 Å². The summed E-state index contributed by atoms with van der Waals surface area (Å²) in [6.45, 7) is 8.08. The molecule has 25 heavy (non-hydrogen) atoms. The zero-order chi connectivity index (χ0) is 18.0. The molecule has 1 N–H and O–H groups in total. The van der Waals surface area contributed by atoms with E-state index >= 15 is 0 Å². The number of aliphatic hydroxyl groups is 1. The fourth-order valence-corrected chi connectivity index (χ4v) is 3.56. The van der Waals surface area contributed by atoms with Crippen molar-refractivity contribution >= 4 is 0 Å². The van der Waals surface area contributed by atoms with Gasteiger partial charge in [0.1, 0.15) is 18.0 Å². The summed E-state index contributed by atoms with van der Waals surface area (Å²) in [4.78, 5) is 6.81. The first-order valence-electron chi connectivity index (χ1n) is 8.91. The van der Waals surface area contributed by atoms with Gasteiger partial charge >= 0.3 is 0 Å². The molecule has 6 heteroatoms. The quantitative estimate of drug-likeness (QED) is 0.903. The highest BCUT2D eigenvalue weighted by Gasteiger charge is 2.29. The maximum atomic E-state index is 13.1. The lowest BCUT2D eigenvalue weighted by molar-refractivity contribution is 0.115. The Morgan fingerprint density at radius 1 is 1.28 bits per heavy atom. The predicted octanol–water partition coefficient (Wildman–Crippen LogP) is 3.26. The Morgan fingerprint density at radius 3 is 2.68 bits per heavy atom. The molecule has 5 nitrogen and oxygen atoms in total. The molecule has 0 saturated carbocycles. The molecule has 1 aromatic carbocycles. The largest absolute Gasteiger partial charge is 0.388 e. The average Bonchev–Trinajstić information content (AvgIpc) is 3.18. The summed E-state index contributed by atoms with van der Waals surface area (Å²) in [5.74, 6) is 0.677. The number of likely N-dealkylation sites (tertiary alicyclic amines) is 1. The van der Waals surface area contributed by atoms with Crippen LogP contribution in [0.1, 0.15) is 57.5 Å². The second-order valence-corrected chi connectivity index (χ2v) is 7.83. The lowest BCUT2D eigenvalue weighted by Crippen LogP contribution is -2.34. The normalized spacial score (nSPS) is 20.1. The smallest absolute Gasteiger partial charge is 0.141 e. The molecule has 0 unspecified atom stereocenters. The standard InChI is InChI=1S/C19H27FN4O/c1-19(2,3)24-18(21-13-22-24)12-23-10-4-5-16(23)11-17(25)14-6-8-15(20)9-7-14/h6-9,13,16-17,25H,4-5,10-12H2,1-3H3/t16-,17+/m1/s1. The summed E-state index contributed by atoms with van der Waals surface area (Å²) in [6, 6.07) is 6.42. The molecule has 1 fully saturated rings. The Bertz CT molecular complexity index is 692. The third-order valence-corrected chi connectivity index (χ3v) is 4.85. The van der Waals surface area contributed by atoms with E-state index < -0.39 is 6.10 Å². The Labute approximate surface area is 148 Å². The first kappa shape index (κ1) is 18.0. The van der Waals surface area contributed by atoms with E-state index in [1.165, 1.54) is 12.1 Å². The van der Waals surface area contributed by atoms with Gasteiger partial charge in [0, 0.05) is 6.04 Å². The number of aromatic nitrogens is 3. The van der Waals surface area contributed by atoms with Crippen molar-refractivity contribution < 1.29 is 9.50 Å². The van der Waals surface area contributed by atoms with Crippen molar-refractivity contribution in [3.63, 3.8) is 0 Å². The lowest BCUT2D eigenvalue weighted by Gasteiger charge is -2.28. The van der Waals surface area contributed by atoms with Crippen molar-refractivity contribution in [3.8, 4) is 0 Å². The van der Waals surface area contributed by atoms with Crippen molar-refractivity contribution in [3.05, 3.63) is 47.8 Å².